The molecule has 0 aromatic carbocycles. The largest absolute Gasteiger partial charge is 0.444 e. The predicted molar refractivity (Wildman–Crippen MR) is 88.9 cm³/mol. The molecule has 2 atom stereocenters. The van der Waals surface area contributed by atoms with Gasteiger partial charge in [0.25, 0.3) is 0 Å². The zero-order chi connectivity index (χ0) is 15.5. The van der Waals surface area contributed by atoms with E-state index in [9.17, 15) is 4.79 Å². The van der Waals surface area contributed by atoms with Crippen LogP contribution >= 0.6 is 11.8 Å². The minimum atomic E-state index is -0.403. The van der Waals surface area contributed by atoms with Crippen LogP contribution in [0.5, 0.6) is 0 Å². The van der Waals surface area contributed by atoms with Crippen LogP contribution < -0.4 is 5.32 Å². The number of hydrogen-bond acceptors (Lipinski definition) is 4. The number of rotatable bonds is 6. The summed E-state index contributed by atoms with van der Waals surface area (Å²) >= 11 is 2.05. The summed E-state index contributed by atoms with van der Waals surface area (Å²) in [5.41, 5.74) is -0.403. The van der Waals surface area contributed by atoms with Crippen molar-refractivity contribution in [1.29, 1.82) is 0 Å². The van der Waals surface area contributed by atoms with Gasteiger partial charge in [0.15, 0.2) is 0 Å². The molecule has 0 radical (unpaired) electrons. The Morgan fingerprint density at radius 3 is 2.62 bits per heavy atom. The molecule has 2 unspecified atom stereocenters. The lowest BCUT2D eigenvalue weighted by atomic mass is 10.2. The van der Waals surface area contributed by atoms with E-state index < -0.39 is 5.60 Å². The highest BCUT2D eigenvalue weighted by atomic mass is 32.2. The summed E-state index contributed by atoms with van der Waals surface area (Å²) in [5, 5.41) is 4.40. The van der Waals surface area contributed by atoms with Gasteiger partial charge in [-0.3, -0.25) is 0 Å². The van der Waals surface area contributed by atoms with Crippen molar-refractivity contribution in [2.75, 3.05) is 18.8 Å². The normalized spacial score (nSPS) is 25.9. The quantitative estimate of drug-likeness (QED) is 0.764. The van der Waals surface area contributed by atoms with Crippen molar-refractivity contribution in [1.82, 2.24) is 10.2 Å². The maximum atomic E-state index is 12.2. The van der Waals surface area contributed by atoms with Gasteiger partial charge in [-0.2, -0.15) is 11.8 Å². The molecule has 0 spiro atoms. The van der Waals surface area contributed by atoms with E-state index in [0.717, 1.165) is 37.6 Å². The SMILES string of the molecule is CC1CC(NCCCN(C(=O)OC(C)(C)C)C2CC2)CS1. The van der Waals surface area contributed by atoms with E-state index in [2.05, 4.69) is 12.2 Å². The van der Waals surface area contributed by atoms with Gasteiger partial charge in [0.05, 0.1) is 0 Å². The van der Waals surface area contributed by atoms with Crippen molar-refractivity contribution in [3.05, 3.63) is 0 Å². The Bertz CT molecular complexity index is 353. The van der Waals surface area contributed by atoms with Crippen molar-refractivity contribution in [3.63, 3.8) is 0 Å². The molecular formula is C16H30N2O2S. The first kappa shape index (κ1) is 16.9. The van der Waals surface area contributed by atoms with Crippen LogP contribution in [0.3, 0.4) is 0 Å². The van der Waals surface area contributed by atoms with E-state index >= 15 is 0 Å². The number of carbonyl (C=O) groups excluding carboxylic acids is 1. The van der Waals surface area contributed by atoms with Gasteiger partial charge in [-0.1, -0.05) is 6.92 Å². The molecule has 5 heteroatoms. The standard InChI is InChI=1S/C16H30N2O2S/c1-12-10-13(11-21-12)17-8-5-9-18(14-6-7-14)15(19)20-16(2,3)4/h12-14,17H,5-11H2,1-4H3. The second kappa shape index (κ2) is 7.23. The molecule has 1 heterocycles. The molecule has 0 aromatic rings. The minimum Gasteiger partial charge on any atom is -0.444 e. The smallest absolute Gasteiger partial charge is 0.410 e. The van der Waals surface area contributed by atoms with Crippen LogP contribution in [-0.4, -0.2) is 52.8 Å². The summed E-state index contributed by atoms with van der Waals surface area (Å²) in [5.74, 6) is 1.22. The van der Waals surface area contributed by atoms with Crippen LogP contribution in [0.1, 0.15) is 53.4 Å². The molecule has 1 saturated heterocycles. The summed E-state index contributed by atoms with van der Waals surface area (Å²) in [6.07, 6.45) is 4.39. The van der Waals surface area contributed by atoms with E-state index in [1.807, 2.05) is 37.4 Å². The summed E-state index contributed by atoms with van der Waals surface area (Å²) in [4.78, 5) is 14.1. The number of thioether (sulfide) groups is 1. The van der Waals surface area contributed by atoms with Crippen molar-refractivity contribution >= 4 is 17.9 Å². The molecule has 1 N–H and O–H groups in total. The summed E-state index contributed by atoms with van der Waals surface area (Å²) < 4.78 is 5.51. The third-order valence-electron chi connectivity index (χ3n) is 3.82. The molecule has 2 rings (SSSR count). The number of hydrogen-bond donors (Lipinski definition) is 1. The van der Waals surface area contributed by atoms with Crippen LogP contribution in [-0.2, 0) is 4.74 Å². The highest BCUT2D eigenvalue weighted by Crippen LogP contribution is 2.29. The second-order valence-corrected chi connectivity index (χ2v) is 8.76. The van der Waals surface area contributed by atoms with Gasteiger partial charge in [0.2, 0.25) is 0 Å². The zero-order valence-corrected chi connectivity index (χ0v) is 14.7. The maximum Gasteiger partial charge on any atom is 0.410 e. The molecule has 2 fully saturated rings. The van der Waals surface area contributed by atoms with E-state index in [4.69, 9.17) is 4.74 Å². The molecule has 1 aliphatic heterocycles. The van der Waals surface area contributed by atoms with Crippen molar-refractivity contribution in [3.8, 4) is 0 Å². The number of amides is 1. The predicted octanol–water partition coefficient (Wildman–Crippen LogP) is 3.26. The minimum absolute atomic E-state index is 0.143. The first-order valence-electron chi connectivity index (χ1n) is 8.20. The fourth-order valence-electron chi connectivity index (χ4n) is 2.64. The second-order valence-electron chi connectivity index (χ2n) is 7.29. The average Bonchev–Trinajstić information content (AvgIpc) is 3.10. The number of nitrogens with zero attached hydrogens (tertiary/aromatic N) is 1. The molecule has 1 aliphatic carbocycles. The molecule has 0 bridgehead atoms. The van der Waals surface area contributed by atoms with E-state index in [1.165, 1.54) is 12.2 Å². The van der Waals surface area contributed by atoms with Gasteiger partial charge in [0, 0.05) is 29.6 Å². The lowest BCUT2D eigenvalue weighted by Crippen LogP contribution is -2.40. The highest BCUT2D eigenvalue weighted by Gasteiger charge is 2.34. The Morgan fingerprint density at radius 2 is 2.10 bits per heavy atom. The Labute approximate surface area is 133 Å². The molecule has 1 saturated carbocycles. The Hall–Kier alpha value is -0.420. The van der Waals surface area contributed by atoms with E-state index in [-0.39, 0.29) is 6.09 Å². The van der Waals surface area contributed by atoms with Crippen LogP contribution in [0.25, 0.3) is 0 Å². The van der Waals surface area contributed by atoms with E-state index in [1.54, 1.807) is 0 Å². The maximum absolute atomic E-state index is 12.2. The fourth-order valence-corrected chi connectivity index (χ4v) is 3.83. The molecule has 1 amide bonds. The van der Waals surface area contributed by atoms with Crippen molar-refractivity contribution < 1.29 is 9.53 Å². The van der Waals surface area contributed by atoms with Crippen LogP contribution in [0, 0.1) is 0 Å². The molecule has 0 aromatic heterocycles. The molecule has 2 aliphatic rings. The molecular weight excluding hydrogens is 284 g/mol. The third kappa shape index (κ3) is 6.07. The number of nitrogens with one attached hydrogen (secondary N) is 1. The lowest BCUT2D eigenvalue weighted by molar-refractivity contribution is 0.0232. The van der Waals surface area contributed by atoms with Gasteiger partial charge in [-0.15, -0.1) is 0 Å². The van der Waals surface area contributed by atoms with Crippen LogP contribution in [0.15, 0.2) is 0 Å². The molecule has 21 heavy (non-hydrogen) atoms. The van der Waals surface area contributed by atoms with Gasteiger partial charge < -0.3 is 15.0 Å². The average molecular weight is 314 g/mol. The topological polar surface area (TPSA) is 41.6 Å². The summed E-state index contributed by atoms with van der Waals surface area (Å²) in [6, 6.07) is 1.07. The van der Waals surface area contributed by atoms with E-state index in [0.29, 0.717) is 12.1 Å². The summed E-state index contributed by atoms with van der Waals surface area (Å²) in [7, 11) is 0. The van der Waals surface area contributed by atoms with Gasteiger partial charge >= 0.3 is 6.09 Å². The summed E-state index contributed by atoms with van der Waals surface area (Å²) in [6.45, 7) is 9.87. The van der Waals surface area contributed by atoms with Gasteiger partial charge in [0.1, 0.15) is 5.60 Å². The molecule has 4 nitrogen and oxygen atoms in total. The Kier molecular flexibility index (Phi) is 5.83. The zero-order valence-electron chi connectivity index (χ0n) is 13.9. The fraction of sp³-hybridized carbons (Fsp3) is 0.938. The first-order valence-corrected chi connectivity index (χ1v) is 9.24. The Morgan fingerprint density at radius 1 is 1.38 bits per heavy atom. The van der Waals surface area contributed by atoms with Gasteiger partial charge in [-0.05, 0) is 53.0 Å². The highest BCUT2D eigenvalue weighted by molar-refractivity contribution is 8.00. The van der Waals surface area contributed by atoms with Crippen molar-refractivity contribution in [2.24, 2.45) is 0 Å². The van der Waals surface area contributed by atoms with Crippen molar-refractivity contribution in [2.45, 2.75) is 76.3 Å². The lowest BCUT2D eigenvalue weighted by Gasteiger charge is -2.27. The van der Waals surface area contributed by atoms with Crippen LogP contribution in [0.2, 0.25) is 0 Å². The third-order valence-corrected chi connectivity index (χ3v) is 5.18. The molecule has 122 valence electrons. The monoisotopic (exact) mass is 314 g/mol. The number of ether oxygens (including phenoxy) is 1. The Balaban J connectivity index is 1.67. The van der Waals surface area contributed by atoms with Gasteiger partial charge in [-0.25, -0.2) is 4.79 Å². The first-order chi connectivity index (χ1) is 9.85. The van der Waals surface area contributed by atoms with Crippen LogP contribution in [0.4, 0.5) is 4.79 Å². The number of carbonyl (C=O) groups is 1.